The summed E-state index contributed by atoms with van der Waals surface area (Å²) in [6.07, 6.45) is 1.55. The fourth-order valence-corrected chi connectivity index (χ4v) is 2.98. The fraction of sp³-hybridized carbons (Fsp3) is 1.00. The molecule has 1 aliphatic rings. The maximum atomic E-state index is 11.6. The zero-order valence-corrected chi connectivity index (χ0v) is 8.93. The van der Waals surface area contributed by atoms with Gasteiger partial charge in [-0.15, -0.1) is 0 Å². The van der Waals surface area contributed by atoms with Crippen LogP contribution in [0.3, 0.4) is 0 Å². The first-order chi connectivity index (χ1) is 6.02. The molecule has 5 heteroatoms. The largest absolute Gasteiger partial charge is 0.380 e. The van der Waals surface area contributed by atoms with E-state index in [0.717, 1.165) is 6.42 Å². The van der Waals surface area contributed by atoms with Gasteiger partial charge in [-0.1, -0.05) is 0 Å². The number of hydrogen-bond acceptors (Lipinski definition) is 3. The summed E-state index contributed by atoms with van der Waals surface area (Å²) in [5.74, 6) is 0. The number of rotatable bonds is 3. The summed E-state index contributed by atoms with van der Waals surface area (Å²) >= 11 is 0. The lowest BCUT2D eigenvalue weighted by molar-refractivity contribution is 0.0987. The summed E-state index contributed by atoms with van der Waals surface area (Å²) in [5.41, 5.74) is 0. The average Bonchev–Trinajstić information content (AvgIpc) is 2.04. The first-order valence-electron chi connectivity index (χ1n) is 4.61. The van der Waals surface area contributed by atoms with Crippen molar-refractivity contribution in [2.75, 3.05) is 13.2 Å². The molecule has 1 fully saturated rings. The van der Waals surface area contributed by atoms with Gasteiger partial charge in [-0.2, -0.15) is 0 Å². The van der Waals surface area contributed by atoms with Gasteiger partial charge in [-0.25, -0.2) is 13.1 Å². The zero-order chi connectivity index (χ0) is 9.90. The van der Waals surface area contributed by atoms with E-state index < -0.39 is 10.0 Å². The molecule has 1 saturated heterocycles. The van der Waals surface area contributed by atoms with E-state index in [0.29, 0.717) is 19.6 Å². The molecule has 1 aliphatic heterocycles. The molecule has 0 spiro atoms. The van der Waals surface area contributed by atoms with Crippen LogP contribution in [0.1, 0.15) is 26.7 Å². The van der Waals surface area contributed by atoms with Gasteiger partial charge in [-0.05, 0) is 26.7 Å². The van der Waals surface area contributed by atoms with Crippen LogP contribution in [0.25, 0.3) is 0 Å². The Morgan fingerprint density at radius 3 is 2.62 bits per heavy atom. The molecule has 0 bridgehead atoms. The Hall–Kier alpha value is -0.130. The summed E-state index contributed by atoms with van der Waals surface area (Å²) in [4.78, 5) is 0. The molecule has 0 aliphatic carbocycles. The van der Waals surface area contributed by atoms with Crippen LogP contribution in [0.15, 0.2) is 0 Å². The SMILES string of the molecule is CC(C)NS(=O)(=O)C1CCCOC1. The molecule has 1 N–H and O–H groups in total. The molecule has 1 heterocycles. The minimum absolute atomic E-state index is 0.0353. The molecule has 1 unspecified atom stereocenters. The van der Waals surface area contributed by atoms with Crippen molar-refractivity contribution >= 4 is 10.0 Å². The van der Waals surface area contributed by atoms with Gasteiger partial charge in [0.2, 0.25) is 10.0 Å². The van der Waals surface area contributed by atoms with Crippen molar-refractivity contribution in [2.24, 2.45) is 0 Å². The summed E-state index contributed by atoms with van der Waals surface area (Å²) in [6.45, 7) is 4.66. The predicted octanol–water partition coefficient (Wildman–Crippen LogP) is 0.493. The first kappa shape index (κ1) is 10.9. The lowest BCUT2D eigenvalue weighted by atomic mass is 10.2. The third-order valence-electron chi connectivity index (χ3n) is 1.96. The third-order valence-corrected chi connectivity index (χ3v) is 4.01. The van der Waals surface area contributed by atoms with Crippen LogP contribution < -0.4 is 4.72 Å². The average molecular weight is 207 g/mol. The third kappa shape index (κ3) is 3.25. The van der Waals surface area contributed by atoms with Crippen LogP contribution in [0.5, 0.6) is 0 Å². The van der Waals surface area contributed by atoms with Gasteiger partial charge in [0, 0.05) is 12.6 Å². The number of nitrogens with one attached hydrogen (secondary N) is 1. The molecule has 4 nitrogen and oxygen atoms in total. The molecule has 78 valence electrons. The molecule has 0 saturated carbocycles. The van der Waals surface area contributed by atoms with Gasteiger partial charge in [0.1, 0.15) is 0 Å². The summed E-state index contributed by atoms with van der Waals surface area (Å²) in [6, 6.07) is -0.0353. The highest BCUT2D eigenvalue weighted by Gasteiger charge is 2.27. The molecule has 0 aromatic heterocycles. The van der Waals surface area contributed by atoms with E-state index in [2.05, 4.69) is 4.72 Å². The van der Waals surface area contributed by atoms with Crippen LogP contribution in [0.2, 0.25) is 0 Å². The minimum atomic E-state index is -3.16. The van der Waals surface area contributed by atoms with Crippen molar-refractivity contribution in [1.82, 2.24) is 4.72 Å². The topological polar surface area (TPSA) is 55.4 Å². The van der Waals surface area contributed by atoms with Gasteiger partial charge in [0.15, 0.2) is 0 Å². The highest BCUT2D eigenvalue weighted by atomic mass is 32.2. The molecule has 0 radical (unpaired) electrons. The normalized spacial score (nSPS) is 25.0. The fourth-order valence-electron chi connectivity index (χ4n) is 1.38. The molecule has 0 aromatic carbocycles. The molecular formula is C8H17NO3S. The van der Waals surface area contributed by atoms with E-state index in [1.54, 1.807) is 0 Å². The van der Waals surface area contributed by atoms with E-state index in [1.165, 1.54) is 0 Å². The van der Waals surface area contributed by atoms with Gasteiger partial charge < -0.3 is 4.74 Å². The second-order valence-corrected chi connectivity index (χ2v) is 5.65. The standard InChI is InChI=1S/C8H17NO3S/c1-7(2)9-13(10,11)8-4-3-5-12-6-8/h7-9H,3-6H2,1-2H3. The highest BCUT2D eigenvalue weighted by molar-refractivity contribution is 7.90. The van der Waals surface area contributed by atoms with Gasteiger partial charge >= 0.3 is 0 Å². The maximum Gasteiger partial charge on any atom is 0.216 e. The van der Waals surface area contributed by atoms with Gasteiger partial charge in [0.25, 0.3) is 0 Å². The van der Waals surface area contributed by atoms with Gasteiger partial charge in [0.05, 0.1) is 11.9 Å². The molecule has 0 amide bonds. The molecule has 0 aromatic rings. The Morgan fingerprint density at radius 2 is 2.15 bits per heavy atom. The first-order valence-corrected chi connectivity index (χ1v) is 6.16. The van der Waals surface area contributed by atoms with E-state index in [9.17, 15) is 8.42 Å². The van der Waals surface area contributed by atoms with E-state index in [4.69, 9.17) is 4.74 Å². The lowest BCUT2D eigenvalue weighted by Gasteiger charge is -2.23. The van der Waals surface area contributed by atoms with E-state index in [-0.39, 0.29) is 11.3 Å². The van der Waals surface area contributed by atoms with Crippen LogP contribution in [0.4, 0.5) is 0 Å². The van der Waals surface area contributed by atoms with Crippen molar-refractivity contribution in [1.29, 1.82) is 0 Å². The van der Waals surface area contributed by atoms with E-state index >= 15 is 0 Å². The van der Waals surface area contributed by atoms with Crippen LogP contribution in [-0.4, -0.2) is 32.9 Å². The second-order valence-electron chi connectivity index (χ2n) is 3.66. The minimum Gasteiger partial charge on any atom is -0.380 e. The van der Waals surface area contributed by atoms with Gasteiger partial charge in [-0.3, -0.25) is 0 Å². The Morgan fingerprint density at radius 1 is 1.46 bits per heavy atom. The summed E-state index contributed by atoms with van der Waals surface area (Å²) in [7, 11) is -3.16. The second kappa shape index (κ2) is 4.39. The van der Waals surface area contributed by atoms with Crippen molar-refractivity contribution in [3.8, 4) is 0 Å². The van der Waals surface area contributed by atoms with Crippen LogP contribution in [0, 0.1) is 0 Å². The Kier molecular flexibility index (Phi) is 3.70. The lowest BCUT2D eigenvalue weighted by Crippen LogP contribution is -2.42. The molecular weight excluding hydrogens is 190 g/mol. The Balaban J connectivity index is 2.57. The number of ether oxygens (including phenoxy) is 1. The Labute approximate surface area is 79.7 Å². The summed E-state index contributed by atoms with van der Waals surface area (Å²) in [5, 5.41) is -0.358. The predicted molar refractivity (Wildman–Crippen MR) is 51.0 cm³/mol. The van der Waals surface area contributed by atoms with Crippen LogP contribution >= 0.6 is 0 Å². The van der Waals surface area contributed by atoms with Crippen molar-refractivity contribution < 1.29 is 13.2 Å². The molecule has 1 atom stereocenters. The highest BCUT2D eigenvalue weighted by Crippen LogP contribution is 2.13. The van der Waals surface area contributed by atoms with Crippen LogP contribution in [-0.2, 0) is 14.8 Å². The zero-order valence-electron chi connectivity index (χ0n) is 8.12. The molecule has 13 heavy (non-hydrogen) atoms. The number of sulfonamides is 1. The Bertz CT molecular complexity index is 242. The monoisotopic (exact) mass is 207 g/mol. The summed E-state index contributed by atoms with van der Waals surface area (Å²) < 4.78 is 30.9. The van der Waals surface area contributed by atoms with Crippen molar-refractivity contribution in [3.63, 3.8) is 0 Å². The number of hydrogen-bond donors (Lipinski definition) is 1. The quantitative estimate of drug-likeness (QED) is 0.733. The molecule has 1 rings (SSSR count). The van der Waals surface area contributed by atoms with E-state index in [1.807, 2.05) is 13.8 Å². The maximum absolute atomic E-state index is 11.6. The smallest absolute Gasteiger partial charge is 0.216 e. The van der Waals surface area contributed by atoms with Crippen molar-refractivity contribution in [2.45, 2.75) is 38.0 Å². The van der Waals surface area contributed by atoms with Crippen molar-refractivity contribution in [3.05, 3.63) is 0 Å².